The standard InChI is InChI=1S/C21H25ClFN5O2/c22-16-11-26-20(28-21(29)15-10-24-12-17(15)23)8-14(16)18-2-1-3-19(27-18)25-9-13-4-6-30-7-5-13/h1-3,8,11,13,15,17,24H,4-7,9-10,12H2,(H,25,27)(H,26,28,29)/t15-,17+/m0/s1. The molecule has 0 aliphatic carbocycles. The van der Waals surface area contributed by atoms with Crippen LogP contribution in [0.3, 0.4) is 0 Å². The number of amides is 1. The lowest BCUT2D eigenvalue weighted by atomic mass is 10.0. The molecule has 2 aliphatic heterocycles. The van der Waals surface area contributed by atoms with Gasteiger partial charge in [-0.1, -0.05) is 17.7 Å². The highest BCUT2D eigenvalue weighted by molar-refractivity contribution is 6.33. The van der Waals surface area contributed by atoms with Crippen molar-refractivity contribution in [2.24, 2.45) is 11.8 Å². The molecule has 0 unspecified atom stereocenters. The van der Waals surface area contributed by atoms with Gasteiger partial charge in [0.05, 0.1) is 16.6 Å². The summed E-state index contributed by atoms with van der Waals surface area (Å²) in [6.07, 6.45) is 2.36. The third-order valence-electron chi connectivity index (χ3n) is 5.52. The third kappa shape index (κ3) is 5.06. The minimum absolute atomic E-state index is 0.189. The highest BCUT2D eigenvalue weighted by Gasteiger charge is 2.33. The summed E-state index contributed by atoms with van der Waals surface area (Å²) in [5.74, 6) is 0.533. The second kappa shape index (κ2) is 9.68. The number of hydrogen-bond acceptors (Lipinski definition) is 6. The molecule has 2 aromatic heterocycles. The lowest BCUT2D eigenvalue weighted by Crippen LogP contribution is -2.30. The van der Waals surface area contributed by atoms with Crippen molar-refractivity contribution in [3.8, 4) is 11.3 Å². The molecule has 0 aromatic carbocycles. The maximum Gasteiger partial charge on any atom is 0.232 e. The molecule has 0 radical (unpaired) electrons. The van der Waals surface area contributed by atoms with Gasteiger partial charge in [-0.2, -0.15) is 0 Å². The van der Waals surface area contributed by atoms with Crippen LogP contribution in [0.15, 0.2) is 30.5 Å². The predicted octanol–water partition coefficient (Wildman–Crippen LogP) is 3.13. The summed E-state index contributed by atoms with van der Waals surface area (Å²) in [6, 6.07) is 7.34. The summed E-state index contributed by atoms with van der Waals surface area (Å²) < 4.78 is 19.2. The number of halogens is 2. The van der Waals surface area contributed by atoms with Crippen molar-refractivity contribution in [1.82, 2.24) is 15.3 Å². The molecule has 2 aliphatic rings. The van der Waals surface area contributed by atoms with Crippen molar-refractivity contribution in [2.75, 3.05) is 43.5 Å². The molecule has 9 heteroatoms. The normalized spacial score (nSPS) is 22.1. The van der Waals surface area contributed by atoms with E-state index in [1.807, 2.05) is 18.2 Å². The molecule has 4 rings (SSSR count). The zero-order valence-corrected chi connectivity index (χ0v) is 17.3. The second-order valence-corrected chi connectivity index (χ2v) is 8.07. The maximum atomic E-state index is 13.8. The van der Waals surface area contributed by atoms with Crippen LogP contribution in [0.4, 0.5) is 16.0 Å². The van der Waals surface area contributed by atoms with Gasteiger partial charge in [-0.3, -0.25) is 4.79 Å². The number of pyridine rings is 2. The van der Waals surface area contributed by atoms with Crippen LogP contribution in [0.1, 0.15) is 12.8 Å². The van der Waals surface area contributed by atoms with Crippen LogP contribution >= 0.6 is 11.6 Å². The Hall–Kier alpha value is -2.29. The molecule has 2 fully saturated rings. The van der Waals surface area contributed by atoms with E-state index in [4.69, 9.17) is 16.3 Å². The quantitative estimate of drug-likeness (QED) is 0.648. The number of carbonyl (C=O) groups is 1. The lowest BCUT2D eigenvalue weighted by molar-refractivity contribution is -0.120. The number of carbonyl (C=O) groups excluding carboxylic acids is 1. The molecule has 2 aromatic rings. The minimum atomic E-state index is -1.20. The zero-order chi connectivity index (χ0) is 20.9. The fourth-order valence-electron chi connectivity index (χ4n) is 3.71. The van der Waals surface area contributed by atoms with Gasteiger partial charge in [0.25, 0.3) is 0 Å². The van der Waals surface area contributed by atoms with E-state index in [0.717, 1.165) is 38.4 Å². The zero-order valence-electron chi connectivity index (χ0n) is 16.5. The maximum absolute atomic E-state index is 13.8. The molecule has 4 heterocycles. The molecule has 0 saturated carbocycles. The molecule has 7 nitrogen and oxygen atoms in total. The third-order valence-corrected chi connectivity index (χ3v) is 5.82. The Labute approximate surface area is 179 Å². The van der Waals surface area contributed by atoms with Gasteiger partial charge in [-0.15, -0.1) is 0 Å². The van der Waals surface area contributed by atoms with E-state index in [-0.39, 0.29) is 6.54 Å². The number of ether oxygens (including phenoxy) is 1. The Bertz CT molecular complexity index is 893. The minimum Gasteiger partial charge on any atom is -0.381 e. The average molecular weight is 434 g/mol. The summed E-state index contributed by atoms with van der Waals surface area (Å²) in [7, 11) is 0. The molecule has 0 spiro atoms. The Kier molecular flexibility index (Phi) is 6.76. The largest absolute Gasteiger partial charge is 0.381 e. The number of rotatable bonds is 6. The van der Waals surface area contributed by atoms with Crippen LogP contribution in [0.2, 0.25) is 5.02 Å². The molecule has 1 amide bonds. The van der Waals surface area contributed by atoms with Gasteiger partial charge < -0.3 is 20.7 Å². The van der Waals surface area contributed by atoms with Crippen molar-refractivity contribution >= 4 is 29.1 Å². The van der Waals surface area contributed by atoms with Gasteiger partial charge in [0.15, 0.2) is 0 Å². The van der Waals surface area contributed by atoms with E-state index in [0.29, 0.717) is 34.6 Å². The van der Waals surface area contributed by atoms with Crippen LogP contribution < -0.4 is 16.0 Å². The van der Waals surface area contributed by atoms with Crippen molar-refractivity contribution in [1.29, 1.82) is 0 Å². The Morgan fingerprint density at radius 2 is 2.10 bits per heavy atom. The molecular weight excluding hydrogens is 409 g/mol. The number of anilines is 2. The fourth-order valence-corrected chi connectivity index (χ4v) is 3.91. The molecule has 2 saturated heterocycles. The first kappa shape index (κ1) is 21.0. The highest BCUT2D eigenvalue weighted by atomic mass is 35.5. The summed E-state index contributed by atoms with van der Waals surface area (Å²) in [5.41, 5.74) is 1.32. The van der Waals surface area contributed by atoms with Crippen LogP contribution in [-0.4, -0.2) is 54.9 Å². The Morgan fingerprint density at radius 1 is 1.27 bits per heavy atom. The number of hydrogen-bond donors (Lipinski definition) is 3. The van der Waals surface area contributed by atoms with Gasteiger partial charge in [-0.25, -0.2) is 14.4 Å². The van der Waals surface area contributed by atoms with Crippen LogP contribution in [0, 0.1) is 11.8 Å². The van der Waals surface area contributed by atoms with E-state index in [1.54, 1.807) is 6.07 Å². The monoisotopic (exact) mass is 433 g/mol. The Morgan fingerprint density at radius 3 is 2.87 bits per heavy atom. The number of nitrogens with one attached hydrogen (secondary N) is 3. The fraction of sp³-hybridized carbons (Fsp3) is 0.476. The first-order valence-electron chi connectivity index (χ1n) is 10.2. The molecular formula is C21H25ClFN5O2. The van der Waals surface area contributed by atoms with Crippen LogP contribution in [0.5, 0.6) is 0 Å². The first-order chi connectivity index (χ1) is 14.6. The van der Waals surface area contributed by atoms with Crippen molar-refractivity contribution in [3.05, 3.63) is 35.5 Å². The highest BCUT2D eigenvalue weighted by Crippen LogP contribution is 2.29. The smallest absolute Gasteiger partial charge is 0.232 e. The van der Waals surface area contributed by atoms with Crippen molar-refractivity contribution in [3.63, 3.8) is 0 Å². The van der Waals surface area contributed by atoms with Crippen LogP contribution in [0.25, 0.3) is 11.3 Å². The number of aromatic nitrogens is 2. The van der Waals surface area contributed by atoms with Gasteiger partial charge in [0, 0.05) is 44.6 Å². The van der Waals surface area contributed by atoms with Crippen LogP contribution in [-0.2, 0) is 9.53 Å². The van der Waals surface area contributed by atoms with E-state index in [2.05, 4.69) is 25.9 Å². The van der Waals surface area contributed by atoms with Gasteiger partial charge >= 0.3 is 0 Å². The van der Waals surface area contributed by atoms with E-state index >= 15 is 0 Å². The lowest BCUT2D eigenvalue weighted by Gasteiger charge is -2.22. The summed E-state index contributed by atoms with van der Waals surface area (Å²) in [5, 5.41) is 9.38. The molecule has 160 valence electrons. The van der Waals surface area contributed by atoms with Crippen molar-refractivity contribution < 1.29 is 13.9 Å². The molecule has 30 heavy (non-hydrogen) atoms. The van der Waals surface area contributed by atoms with Crippen molar-refractivity contribution in [2.45, 2.75) is 19.0 Å². The van der Waals surface area contributed by atoms with E-state index in [1.165, 1.54) is 6.20 Å². The van der Waals surface area contributed by atoms with Gasteiger partial charge in [0.1, 0.15) is 17.8 Å². The molecule has 2 atom stereocenters. The Balaban J connectivity index is 1.46. The van der Waals surface area contributed by atoms with E-state index < -0.39 is 18.0 Å². The number of nitrogens with zero attached hydrogens (tertiary/aromatic N) is 2. The van der Waals surface area contributed by atoms with Gasteiger partial charge in [-0.05, 0) is 37.0 Å². The summed E-state index contributed by atoms with van der Waals surface area (Å²) >= 11 is 6.35. The topological polar surface area (TPSA) is 88.2 Å². The predicted molar refractivity (Wildman–Crippen MR) is 114 cm³/mol. The molecule has 3 N–H and O–H groups in total. The summed E-state index contributed by atoms with van der Waals surface area (Å²) in [6.45, 7) is 2.96. The van der Waals surface area contributed by atoms with E-state index in [9.17, 15) is 9.18 Å². The average Bonchev–Trinajstić information content (AvgIpc) is 3.20. The molecule has 0 bridgehead atoms. The second-order valence-electron chi connectivity index (χ2n) is 7.66. The van der Waals surface area contributed by atoms with Gasteiger partial charge in [0.2, 0.25) is 5.91 Å². The summed E-state index contributed by atoms with van der Waals surface area (Å²) in [4.78, 5) is 21.2. The first-order valence-corrected chi connectivity index (χ1v) is 10.6. The number of alkyl halides is 1. The SMILES string of the molecule is O=C(Nc1cc(-c2cccc(NCC3CCOCC3)n2)c(Cl)cn1)[C@H]1CNC[C@H]1F.